The molecule has 0 bridgehead atoms. The average molecular weight is 263 g/mol. The van der Waals surface area contributed by atoms with Gasteiger partial charge < -0.3 is 10.1 Å². The molecule has 0 aromatic heterocycles. The van der Waals surface area contributed by atoms with Crippen LogP contribution < -0.4 is 10.1 Å². The van der Waals surface area contributed by atoms with E-state index in [1.54, 1.807) is 7.11 Å². The quantitative estimate of drug-likeness (QED) is 0.679. The van der Waals surface area contributed by atoms with Crippen molar-refractivity contribution in [1.29, 1.82) is 0 Å². The molecule has 1 N–H and O–H groups in total. The van der Waals surface area contributed by atoms with Crippen LogP contribution in [0.15, 0.2) is 24.3 Å². The van der Waals surface area contributed by atoms with Gasteiger partial charge in [-0.3, -0.25) is 0 Å². The van der Waals surface area contributed by atoms with Gasteiger partial charge >= 0.3 is 0 Å². The first-order valence-corrected chi connectivity index (χ1v) is 7.48. The van der Waals surface area contributed by atoms with Gasteiger partial charge in [0.1, 0.15) is 5.75 Å². The van der Waals surface area contributed by atoms with E-state index in [9.17, 15) is 0 Å². The van der Waals surface area contributed by atoms with E-state index < -0.39 is 0 Å². The third-order valence-electron chi connectivity index (χ3n) is 3.42. The summed E-state index contributed by atoms with van der Waals surface area (Å²) < 4.78 is 5.39. The lowest BCUT2D eigenvalue weighted by atomic mass is 10.0. The van der Waals surface area contributed by atoms with Crippen molar-refractivity contribution in [2.24, 2.45) is 5.92 Å². The van der Waals surface area contributed by atoms with Gasteiger partial charge in [-0.2, -0.15) is 0 Å². The van der Waals surface area contributed by atoms with E-state index in [1.807, 2.05) is 12.1 Å². The highest BCUT2D eigenvalue weighted by molar-refractivity contribution is 5.33. The third-order valence-corrected chi connectivity index (χ3v) is 3.42. The SMILES string of the molecule is COc1ccccc1CC(C)NCCCCC(C)C. The molecular formula is C17H29NO. The van der Waals surface area contributed by atoms with Crippen molar-refractivity contribution in [3.63, 3.8) is 0 Å². The number of benzene rings is 1. The highest BCUT2D eigenvalue weighted by Gasteiger charge is 2.07. The summed E-state index contributed by atoms with van der Waals surface area (Å²) in [7, 11) is 1.74. The summed E-state index contributed by atoms with van der Waals surface area (Å²) in [5.74, 6) is 1.82. The Balaban J connectivity index is 2.25. The summed E-state index contributed by atoms with van der Waals surface area (Å²) in [5.41, 5.74) is 1.28. The van der Waals surface area contributed by atoms with Crippen molar-refractivity contribution in [1.82, 2.24) is 5.32 Å². The molecule has 1 aromatic carbocycles. The fourth-order valence-electron chi connectivity index (χ4n) is 2.30. The molecule has 0 aliphatic carbocycles. The van der Waals surface area contributed by atoms with Crippen molar-refractivity contribution in [3.05, 3.63) is 29.8 Å². The van der Waals surface area contributed by atoms with E-state index in [2.05, 4.69) is 38.2 Å². The summed E-state index contributed by atoms with van der Waals surface area (Å²) in [5, 5.41) is 3.60. The molecule has 0 spiro atoms. The Bertz CT molecular complexity index is 349. The summed E-state index contributed by atoms with van der Waals surface area (Å²) in [6.45, 7) is 7.94. The molecular weight excluding hydrogens is 234 g/mol. The average Bonchev–Trinajstić information content (AvgIpc) is 2.38. The van der Waals surface area contributed by atoms with Crippen molar-refractivity contribution in [2.45, 2.75) is 52.5 Å². The van der Waals surface area contributed by atoms with Crippen molar-refractivity contribution >= 4 is 0 Å². The predicted molar refractivity (Wildman–Crippen MR) is 82.9 cm³/mol. The maximum Gasteiger partial charge on any atom is 0.122 e. The molecule has 19 heavy (non-hydrogen) atoms. The molecule has 0 heterocycles. The fraction of sp³-hybridized carbons (Fsp3) is 0.647. The molecule has 2 heteroatoms. The van der Waals surface area contributed by atoms with Gasteiger partial charge in [0.25, 0.3) is 0 Å². The highest BCUT2D eigenvalue weighted by Crippen LogP contribution is 2.18. The Labute approximate surface area is 118 Å². The van der Waals surface area contributed by atoms with E-state index >= 15 is 0 Å². The normalized spacial score (nSPS) is 12.7. The minimum absolute atomic E-state index is 0.496. The van der Waals surface area contributed by atoms with Crippen LogP contribution in [0, 0.1) is 5.92 Å². The molecule has 0 radical (unpaired) electrons. The number of unbranched alkanes of at least 4 members (excludes halogenated alkanes) is 1. The second-order valence-electron chi connectivity index (χ2n) is 5.76. The van der Waals surface area contributed by atoms with Crippen LogP contribution in [0.4, 0.5) is 0 Å². The topological polar surface area (TPSA) is 21.3 Å². The van der Waals surface area contributed by atoms with Gasteiger partial charge in [-0.05, 0) is 43.9 Å². The van der Waals surface area contributed by atoms with Crippen LogP contribution in [0.1, 0.15) is 45.6 Å². The number of rotatable bonds is 9. The number of hydrogen-bond donors (Lipinski definition) is 1. The van der Waals surface area contributed by atoms with Crippen LogP contribution in [0.3, 0.4) is 0 Å². The Morgan fingerprint density at radius 1 is 1.11 bits per heavy atom. The van der Waals surface area contributed by atoms with Crippen LogP contribution in [0.5, 0.6) is 5.75 Å². The van der Waals surface area contributed by atoms with Crippen LogP contribution >= 0.6 is 0 Å². The third kappa shape index (κ3) is 6.63. The first kappa shape index (κ1) is 16.0. The molecule has 0 aliphatic rings. The van der Waals surface area contributed by atoms with Gasteiger partial charge in [-0.25, -0.2) is 0 Å². The van der Waals surface area contributed by atoms with Crippen LogP contribution in [0.2, 0.25) is 0 Å². The predicted octanol–water partition coefficient (Wildman–Crippen LogP) is 4.04. The zero-order chi connectivity index (χ0) is 14.1. The number of methoxy groups -OCH3 is 1. The van der Waals surface area contributed by atoms with Crippen LogP contribution in [-0.4, -0.2) is 19.7 Å². The lowest BCUT2D eigenvalue weighted by Gasteiger charge is -2.16. The molecule has 0 saturated carbocycles. The number of nitrogens with one attached hydrogen (secondary N) is 1. The van der Waals surface area contributed by atoms with E-state index in [4.69, 9.17) is 4.74 Å². The van der Waals surface area contributed by atoms with E-state index in [-0.39, 0.29) is 0 Å². The Morgan fingerprint density at radius 2 is 1.84 bits per heavy atom. The number of ether oxygens (including phenoxy) is 1. The smallest absolute Gasteiger partial charge is 0.122 e. The Kier molecular flexibility index (Phi) is 7.57. The largest absolute Gasteiger partial charge is 0.496 e. The molecule has 108 valence electrons. The highest BCUT2D eigenvalue weighted by atomic mass is 16.5. The molecule has 2 nitrogen and oxygen atoms in total. The number of hydrogen-bond acceptors (Lipinski definition) is 2. The summed E-state index contributed by atoms with van der Waals surface area (Å²) >= 11 is 0. The molecule has 0 aliphatic heterocycles. The summed E-state index contributed by atoms with van der Waals surface area (Å²) in [4.78, 5) is 0. The molecule has 1 aromatic rings. The van der Waals surface area contributed by atoms with Crippen LogP contribution in [0.25, 0.3) is 0 Å². The molecule has 1 atom stereocenters. The van der Waals surface area contributed by atoms with Gasteiger partial charge in [-0.15, -0.1) is 0 Å². The van der Waals surface area contributed by atoms with Crippen molar-refractivity contribution in [2.75, 3.05) is 13.7 Å². The van der Waals surface area contributed by atoms with Crippen molar-refractivity contribution < 1.29 is 4.74 Å². The maximum absolute atomic E-state index is 5.39. The van der Waals surface area contributed by atoms with Gasteiger partial charge in [0.15, 0.2) is 0 Å². The van der Waals surface area contributed by atoms with Crippen LogP contribution in [-0.2, 0) is 6.42 Å². The zero-order valence-corrected chi connectivity index (χ0v) is 12.9. The van der Waals surface area contributed by atoms with Gasteiger partial charge in [0.2, 0.25) is 0 Å². The minimum atomic E-state index is 0.496. The lowest BCUT2D eigenvalue weighted by molar-refractivity contribution is 0.405. The molecule has 1 unspecified atom stereocenters. The van der Waals surface area contributed by atoms with E-state index in [0.29, 0.717) is 6.04 Å². The number of para-hydroxylation sites is 1. The van der Waals surface area contributed by atoms with Gasteiger partial charge in [-0.1, -0.05) is 44.9 Å². The second kappa shape index (κ2) is 8.98. The molecule has 0 amide bonds. The van der Waals surface area contributed by atoms with E-state index in [1.165, 1.54) is 24.8 Å². The Morgan fingerprint density at radius 3 is 2.53 bits per heavy atom. The second-order valence-corrected chi connectivity index (χ2v) is 5.76. The first-order valence-electron chi connectivity index (χ1n) is 7.48. The first-order chi connectivity index (χ1) is 9.13. The maximum atomic E-state index is 5.39. The minimum Gasteiger partial charge on any atom is -0.496 e. The lowest BCUT2D eigenvalue weighted by Crippen LogP contribution is -2.29. The Hall–Kier alpha value is -1.02. The van der Waals surface area contributed by atoms with Gasteiger partial charge in [0, 0.05) is 6.04 Å². The zero-order valence-electron chi connectivity index (χ0n) is 12.9. The molecule has 1 rings (SSSR count). The summed E-state index contributed by atoms with van der Waals surface area (Å²) in [6.07, 6.45) is 4.96. The summed E-state index contributed by atoms with van der Waals surface area (Å²) in [6, 6.07) is 8.77. The molecule has 0 fully saturated rings. The van der Waals surface area contributed by atoms with Gasteiger partial charge in [0.05, 0.1) is 7.11 Å². The monoisotopic (exact) mass is 263 g/mol. The van der Waals surface area contributed by atoms with Crippen molar-refractivity contribution in [3.8, 4) is 5.75 Å². The molecule has 0 saturated heterocycles. The fourth-order valence-corrected chi connectivity index (χ4v) is 2.30. The van der Waals surface area contributed by atoms with E-state index in [0.717, 1.165) is 24.6 Å². The standard InChI is InChI=1S/C17H29NO/c1-14(2)9-7-8-12-18-15(3)13-16-10-5-6-11-17(16)19-4/h5-6,10-11,14-15,18H,7-9,12-13H2,1-4H3.